The molecule has 0 saturated carbocycles. The Hall–Kier alpha value is -0.890. The van der Waals surface area contributed by atoms with E-state index in [2.05, 4.69) is 32.7 Å². The van der Waals surface area contributed by atoms with Gasteiger partial charge in [-0.25, -0.2) is 0 Å². The highest BCUT2D eigenvalue weighted by Gasteiger charge is 2.13. The van der Waals surface area contributed by atoms with Gasteiger partial charge in [0.05, 0.1) is 0 Å². The van der Waals surface area contributed by atoms with E-state index in [0.717, 1.165) is 18.7 Å². The molecule has 0 saturated heterocycles. The lowest BCUT2D eigenvalue weighted by molar-refractivity contribution is 0.243. The minimum absolute atomic E-state index is 0.308. The van der Waals surface area contributed by atoms with Crippen LogP contribution in [0.5, 0.6) is 0 Å². The van der Waals surface area contributed by atoms with E-state index in [-0.39, 0.29) is 0 Å². The highest BCUT2D eigenvalue weighted by atomic mass is 15.1. The van der Waals surface area contributed by atoms with Gasteiger partial charge in [0.2, 0.25) is 0 Å². The molecule has 0 fully saturated rings. The standard InChI is InChI=1S/C13H24N2/c1-6-7-8-12(9-14)10-15(5)11-13(2,3)4/h6-9,14H,10-11H2,1-5H3/b7-6-,12-8+,14-9?. The van der Waals surface area contributed by atoms with Crippen molar-refractivity contribution < 1.29 is 0 Å². The van der Waals surface area contributed by atoms with E-state index in [1.807, 2.05) is 25.2 Å². The van der Waals surface area contributed by atoms with Crippen LogP contribution in [0.15, 0.2) is 23.8 Å². The number of nitrogens with zero attached hydrogens (tertiary/aromatic N) is 1. The minimum atomic E-state index is 0.308. The lowest BCUT2D eigenvalue weighted by atomic mass is 9.96. The molecule has 15 heavy (non-hydrogen) atoms. The molecule has 2 nitrogen and oxygen atoms in total. The van der Waals surface area contributed by atoms with Gasteiger partial charge in [0.1, 0.15) is 0 Å². The Morgan fingerprint density at radius 1 is 1.33 bits per heavy atom. The maximum atomic E-state index is 7.31. The van der Waals surface area contributed by atoms with Crippen molar-refractivity contribution in [2.45, 2.75) is 27.7 Å². The summed E-state index contributed by atoms with van der Waals surface area (Å²) in [4.78, 5) is 2.25. The normalized spacial score (nSPS) is 13.9. The van der Waals surface area contributed by atoms with Crippen LogP contribution in [0.25, 0.3) is 0 Å². The lowest BCUT2D eigenvalue weighted by Crippen LogP contribution is -2.31. The maximum absolute atomic E-state index is 7.31. The van der Waals surface area contributed by atoms with Gasteiger partial charge >= 0.3 is 0 Å². The zero-order valence-electron chi connectivity index (χ0n) is 10.7. The van der Waals surface area contributed by atoms with Crippen LogP contribution >= 0.6 is 0 Å². The molecule has 0 spiro atoms. The van der Waals surface area contributed by atoms with Crippen LogP contribution in [-0.4, -0.2) is 31.3 Å². The van der Waals surface area contributed by atoms with Crippen LogP contribution in [0.3, 0.4) is 0 Å². The first-order valence-electron chi connectivity index (χ1n) is 5.40. The van der Waals surface area contributed by atoms with Crippen molar-refractivity contribution in [3.05, 3.63) is 23.8 Å². The smallest absolute Gasteiger partial charge is 0.0245 e. The average Bonchev–Trinajstić information content (AvgIpc) is 2.09. The molecule has 0 radical (unpaired) electrons. The second kappa shape index (κ2) is 6.57. The zero-order valence-corrected chi connectivity index (χ0v) is 10.7. The van der Waals surface area contributed by atoms with Crippen LogP contribution in [0.2, 0.25) is 0 Å². The SMILES string of the molecule is C/C=C\C=C(/C=N)CN(C)CC(C)(C)C. The Morgan fingerprint density at radius 3 is 2.33 bits per heavy atom. The first kappa shape index (κ1) is 14.1. The number of rotatable bonds is 5. The van der Waals surface area contributed by atoms with Crippen molar-refractivity contribution >= 4 is 6.21 Å². The zero-order chi connectivity index (χ0) is 11.9. The third-order valence-electron chi connectivity index (χ3n) is 1.88. The van der Waals surface area contributed by atoms with Crippen molar-refractivity contribution in [3.8, 4) is 0 Å². The molecule has 0 atom stereocenters. The maximum Gasteiger partial charge on any atom is 0.0245 e. The van der Waals surface area contributed by atoms with Crippen molar-refractivity contribution in [3.63, 3.8) is 0 Å². The summed E-state index contributed by atoms with van der Waals surface area (Å²) in [5.41, 5.74) is 1.35. The highest BCUT2D eigenvalue weighted by Crippen LogP contribution is 2.14. The van der Waals surface area contributed by atoms with Crippen molar-refractivity contribution in [2.24, 2.45) is 5.41 Å². The van der Waals surface area contributed by atoms with Crippen LogP contribution in [0, 0.1) is 10.8 Å². The molecular formula is C13H24N2. The van der Waals surface area contributed by atoms with Gasteiger partial charge < -0.3 is 10.3 Å². The predicted octanol–water partition coefficient (Wildman–Crippen LogP) is 3.12. The van der Waals surface area contributed by atoms with Gasteiger partial charge in [0.25, 0.3) is 0 Å². The molecule has 0 bridgehead atoms. The lowest BCUT2D eigenvalue weighted by Gasteiger charge is -2.26. The molecule has 0 amide bonds. The second-order valence-corrected chi connectivity index (χ2v) is 5.14. The molecule has 0 aliphatic carbocycles. The molecule has 0 aromatic carbocycles. The summed E-state index contributed by atoms with van der Waals surface area (Å²) >= 11 is 0. The Labute approximate surface area is 94.2 Å². The van der Waals surface area contributed by atoms with Gasteiger partial charge in [-0.3, -0.25) is 0 Å². The van der Waals surface area contributed by atoms with E-state index in [1.165, 1.54) is 6.21 Å². The van der Waals surface area contributed by atoms with Gasteiger partial charge in [0, 0.05) is 19.3 Å². The molecule has 0 unspecified atom stereocenters. The van der Waals surface area contributed by atoms with Crippen LogP contribution in [-0.2, 0) is 0 Å². The number of likely N-dealkylation sites (N-methyl/N-ethyl adjacent to an activating group) is 1. The summed E-state index contributed by atoms with van der Waals surface area (Å²) in [5, 5.41) is 7.31. The minimum Gasteiger partial charge on any atom is -0.308 e. The summed E-state index contributed by atoms with van der Waals surface area (Å²) in [5.74, 6) is 0. The van der Waals surface area contributed by atoms with Crippen molar-refractivity contribution in [1.82, 2.24) is 4.90 Å². The summed E-state index contributed by atoms with van der Waals surface area (Å²) < 4.78 is 0. The first-order valence-corrected chi connectivity index (χ1v) is 5.40. The number of hydrogen-bond acceptors (Lipinski definition) is 2. The van der Waals surface area contributed by atoms with Crippen LogP contribution in [0.4, 0.5) is 0 Å². The molecule has 0 aromatic heterocycles. The van der Waals surface area contributed by atoms with E-state index in [1.54, 1.807) is 0 Å². The van der Waals surface area contributed by atoms with E-state index in [0.29, 0.717) is 5.41 Å². The largest absolute Gasteiger partial charge is 0.308 e. The van der Waals surface area contributed by atoms with Gasteiger partial charge in [-0.1, -0.05) is 39.0 Å². The predicted molar refractivity (Wildman–Crippen MR) is 68.6 cm³/mol. The van der Waals surface area contributed by atoms with E-state index in [4.69, 9.17) is 5.41 Å². The van der Waals surface area contributed by atoms with Gasteiger partial charge in [-0.15, -0.1) is 0 Å². The van der Waals surface area contributed by atoms with E-state index in [9.17, 15) is 0 Å². The second-order valence-electron chi connectivity index (χ2n) is 5.14. The third kappa shape index (κ3) is 8.13. The van der Waals surface area contributed by atoms with Crippen LogP contribution < -0.4 is 0 Å². The fourth-order valence-corrected chi connectivity index (χ4v) is 1.54. The van der Waals surface area contributed by atoms with Crippen molar-refractivity contribution in [2.75, 3.05) is 20.1 Å². The molecular weight excluding hydrogens is 184 g/mol. The summed E-state index contributed by atoms with van der Waals surface area (Å²) in [7, 11) is 2.10. The molecule has 0 aliphatic rings. The van der Waals surface area contributed by atoms with Gasteiger partial charge in [-0.2, -0.15) is 0 Å². The Balaban J connectivity index is 4.25. The Morgan fingerprint density at radius 2 is 1.93 bits per heavy atom. The van der Waals surface area contributed by atoms with E-state index >= 15 is 0 Å². The molecule has 2 heteroatoms. The molecule has 1 N–H and O–H groups in total. The highest BCUT2D eigenvalue weighted by molar-refractivity contribution is 5.76. The molecule has 0 aromatic rings. The van der Waals surface area contributed by atoms with Crippen molar-refractivity contribution in [1.29, 1.82) is 5.41 Å². The Kier molecular flexibility index (Phi) is 6.18. The van der Waals surface area contributed by atoms with E-state index < -0.39 is 0 Å². The first-order chi connectivity index (χ1) is 6.89. The average molecular weight is 208 g/mol. The number of hydrogen-bond donors (Lipinski definition) is 1. The topological polar surface area (TPSA) is 27.1 Å². The summed E-state index contributed by atoms with van der Waals surface area (Å²) in [6.45, 7) is 10.5. The summed E-state index contributed by atoms with van der Waals surface area (Å²) in [6, 6.07) is 0. The Bertz CT molecular complexity index is 244. The molecule has 0 heterocycles. The molecule has 0 aliphatic heterocycles. The summed E-state index contributed by atoms with van der Waals surface area (Å²) in [6.07, 6.45) is 7.38. The van der Waals surface area contributed by atoms with Gasteiger partial charge in [-0.05, 0) is 25.0 Å². The number of allylic oxidation sites excluding steroid dienone is 3. The molecule has 0 rings (SSSR count). The fourth-order valence-electron chi connectivity index (χ4n) is 1.54. The quantitative estimate of drug-likeness (QED) is 0.545. The number of nitrogens with one attached hydrogen (secondary N) is 1. The molecule has 86 valence electrons. The van der Waals surface area contributed by atoms with Gasteiger partial charge in [0.15, 0.2) is 0 Å². The third-order valence-corrected chi connectivity index (χ3v) is 1.88. The van der Waals surface area contributed by atoms with Crippen LogP contribution in [0.1, 0.15) is 27.7 Å². The fraction of sp³-hybridized carbons (Fsp3) is 0.615. The monoisotopic (exact) mass is 208 g/mol.